The molecule has 134 valence electrons. The summed E-state index contributed by atoms with van der Waals surface area (Å²) in [5.41, 5.74) is 0. The van der Waals surface area contributed by atoms with E-state index in [-0.39, 0.29) is 0 Å². The van der Waals surface area contributed by atoms with Crippen molar-refractivity contribution in [2.24, 2.45) is 5.92 Å². The van der Waals surface area contributed by atoms with Crippen LogP contribution in [0.2, 0.25) is 0 Å². The first kappa shape index (κ1) is 17.7. The molecule has 1 saturated carbocycles. The Labute approximate surface area is 143 Å². The maximum absolute atomic E-state index is 6.40. The fourth-order valence-electron chi connectivity index (χ4n) is 4.50. The van der Waals surface area contributed by atoms with Crippen LogP contribution in [0.15, 0.2) is 0 Å². The molecule has 0 aromatic carbocycles. The molecule has 0 atom stereocenters. The summed E-state index contributed by atoms with van der Waals surface area (Å²) in [6.07, 6.45) is 8.91. The van der Waals surface area contributed by atoms with E-state index in [1.54, 1.807) is 0 Å². The van der Waals surface area contributed by atoms with Crippen LogP contribution in [0, 0.1) is 5.92 Å². The summed E-state index contributed by atoms with van der Waals surface area (Å²) in [4.78, 5) is 7.70. The normalized spacial score (nSPS) is 33.1. The predicted octanol–water partition coefficient (Wildman–Crippen LogP) is 2.29. The molecule has 0 radical (unpaired) electrons. The summed E-state index contributed by atoms with van der Waals surface area (Å²) in [6.45, 7) is 12.3. The Morgan fingerprint density at radius 2 is 1.30 bits per heavy atom. The highest BCUT2D eigenvalue weighted by atomic mass is 16.5. The SMILES string of the molecule is CCN1CCN(CC2CCC(OC3CCN(C)CC3)CC2)CC1. The quantitative estimate of drug-likeness (QED) is 0.773. The molecule has 1 aliphatic carbocycles. The van der Waals surface area contributed by atoms with Gasteiger partial charge in [-0.15, -0.1) is 0 Å². The van der Waals surface area contributed by atoms with Crippen LogP contribution in [0.3, 0.4) is 0 Å². The van der Waals surface area contributed by atoms with Gasteiger partial charge in [0.25, 0.3) is 0 Å². The standard InChI is InChI=1S/C19H37N3O/c1-3-21-12-14-22(15-13-21)16-17-4-6-18(7-5-17)23-19-8-10-20(2)11-9-19/h17-19H,3-16H2,1-2H3. The average molecular weight is 324 g/mol. The van der Waals surface area contributed by atoms with Gasteiger partial charge in [0.15, 0.2) is 0 Å². The number of likely N-dealkylation sites (tertiary alicyclic amines) is 1. The number of hydrogen-bond acceptors (Lipinski definition) is 4. The summed E-state index contributed by atoms with van der Waals surface area (Å²) in [5.74, 6) is 0.917. The third kappa shape index (κ3) is 5.42. The second kappa shape index (κ2) is 8.80. The molecule has 0 bridgehead atoms. The summed E-state index contributed by atoms with van der Waals surface area (Å²) >= 11 is 0. The van der Waals surface area contributed by atoms with Gasteiger partial charge in [0.05, 0.1) is 12.2 Å². The molecule has 2 saturated heterocycles. The molecule has 2 heterocycles. The van der Waals surface area contributed by atoms with E-state index >= 15 is 0 Å². The first-order valence-corrected chi connectivity index (χ1v) is 10.0. The third-order valence-corrected chi connectivity index (χ3v) is 6.27. The highest BCUT2D eigenvalue weighted by Gasteiger charge is 2.27. The molecular formula is C19H37N3O. The highest BCUT2D eigenvalue weighted by molar-refractivity contribution is 4.80. The van der Waals surface area contributed by atoms with Crippen LogP contribution in [0.5, 0.6) is 0 Å². The van der Waals surface area contributed by atoms with E-state index in [1.807, 2.05) is 0 Å². The maximum atomic E-state index is 6.40. The molecule has 0 spiro atoms. The van der Waals surface area contributed by atoms with Gasteiger partial charge in [0.2, 0.25) is 0 Å². The average Bonchev–Trinajstić information content (AvgIpc) is 2.59. The fourth-order valence-corrected chi connectivity index (χ4v) is 4.50. The Balaban J connectivity index is 1.31. The van der Waals surface area contributed by atoms with Crippen LogP contribution in [0.25, 0.3) is 0 Å². The van der Waals surface area contributed by atoms with Crippen molar-refractivity contribution in [2.45, 2.75) is 57.7 Å². The van der Waals surface area contributed by atoms with Crippen LogP contribution in [0.4, 0.5) is 0 Å². The largest absolute Gasteiger partial charge is 0.375 e. The van der Waals surface area contributed by atoms with E-state index in [9.17, 15) is 0 Å². The maximum Gasteiger partial charge on any atom is 0.0603 e. The van der Waals surface area contributed by atoms with E-state index in [0.29, 0.717) is 12.2 Å². The molecule has 4 nitrogen and oxygen atoms in total. The second-order valence-electron chi connectivity index (χ2n) is 8.02. The van der Waals surface area contributed by atoms with Crippen LogP contribution >= 0.6 is 0 Å². The molecule has 2 aliphatic heterocycles. The van der Waals surface area contributed by atoms with Gasteiger partial charge >= 0.3 is 0 Å². The zero-order valence-electron chi connectivity index (χ0n) is 15.4. The van der Waals surface area contributed by atoms with Gasteiger partial charge in [-0.25, -0.2) is 0 Å². The van der Waals surface area contributed by atoms with Gasteiger partial charge in [0.1, 0.15) is 0 Å². The summed E-state index contributed by atoms with van der Waals surface area (Å²) in [7, 11) is 2.22. The second-order valence-corrected chi connectivity index (χ2v) is 8.02. The molecule has 0 amide bonds. The first-order valence-electron chi connectivity index (χ1n) is 10.0. The molecule has 0 aromatic heterocycles. The van der Waals surface area contributed by atoms with Gasteiger partial charge in [0, 0.05) is 45.8 Å². The predicted molar refractivity (Wildman–Crippen MR) is 95.9 cm³/mol. The number of nitrogens with zero attached hydrogens (tertiary/aromatic N) is 3. The van der Waals surface area contributed by atoms with Crippen molar-refractivity contribution in [1.29, 1.82) is 0 Å². The minimum Gasteiger partial charge on any atom is -0.375 e. The van der Waals surface area contributed by atoms with Crippen molar-refractivity contribution in [2.75, 3.05) is 59.4 Å². The number of rotatable bonds is 5. The Bertz CT molecular complexity index is 328. The van der Waals surface area contributed by atoms with Gasteiger partial charge in [-0.1, -0.05) is 6.92 Å². The molecule has 3 rings (SSSR count). The van der Waals surface area contributed by atoms with Crippen molar-refractivity contribution in [3.63, 3.8) is 0 Å². The van der Waals surface area contributed by atoms with E-state index in [1.165, 1.54) is 90.9 Å². The molecule has 23 heavy (non-hydrogen) atoms. The topological polar surface area (TPSA) is 19.0 Å². The number of piperazine rings is 1. The molecule has 3 aliphatic rings. The van der Waals surface area contributed by atoms with Gasteiger partial charge in [-0.2, -0.15) is 0 Å². The molecule has 0 aromatic rings. The van der Waals surface area contributed by atoms with Crippen LogP contribution in [-0.4, -0.2) is 86.3 Å². The lowest BCUT2D eigenvalue weighted by Gasteiger charge is -2.38. The smallest absolute Gasteiger partial charge is 0.0603 e. The molecule has 4 heteroatoms. The zero-order chi connectivity index (χ0) is 16.1. The monoisotopic (exact) mass is 323 g/mol. The van der Waals surface area contributed by atoms with Crippen LogP contribution < -0.4 is 0 Å². The molecule has 0 N–H and O–H groups in total. The molecular weight excluding hydrogens is 286 g/mol. The lowest BCUT2D eigenvalue weighted by atomic mass is 9.86. The van der Waals surface area contributed by atoms with Gasteiger partial charge in [-0.3, -0.25) is 0 Å². The van der Waals surface area contributed by atoms with Crippen molar-refractivity contribution in [3.8, 4) is 0 Å². The lowest BCUT2D eigenvalue weighted by molar-refractivity contribution is -0.0603. The van der Waals surface area contributed by atoms with Crippen molar-refractivity contribution >= 4 is 0 Å². The lowest BCUT2D eigenvalue weighted by Crippen LogP contribution is -2.48. The summed E-state index contributed by atoms with van der Waals surface area (Å²) in [5, 5.41) is 0. The zero-order valence-corrected chi connectivity index (χ0v) is 15.4. The van der Waals surface area contributed by atoms with E-state index in [0.717, 1.165) is 5.92 Å². The summed E-state index contributed by atoms with van der Waals surface area (Å²) in [6, 6.07) is 0. The Hall–Kier alpha value is -0.160. The Morgan fingerprint density at radius 3 is 1.91 bits per heavy atom. The van der Waals surface area contributed by atoms with Crippen molar-refractivity contribution in [3.05, 3.63) is 0 Å². The number of piperidine rings is 1. The highest BCUT2D eigenvalue weighted by Crippen LogP contribution is 2.29. The van der Waals surface area contributed by atoms with Crippen LogP contribution in [0.1, 0.15) is 45.4 Å². The number of hydrogen-bond donors (Lipinski definition) is 0. The van der Waals surface area contributed by atoms with E-state index in [2.05, 4.69) is 28.7 Å². The minimum absolute atomic E-state index is 0.537. The minimum atomic E-state index is 0.537. The molecule has 3 fully saturated rings. The third-order valence-electron chi connectivity index (χ3n) is 6.27. The first-order chi connectivity index (χ1) is 11.2. The van der Waals surface area contributed by atoms with Gasteiger partial charge in [-0.05, 0) is 58.0 Å². The van der Waals surface area contributed by atoms with E-state index in [4.69, 9.17) is 4.74 Å². The number of ether oxygens (including phenoxy) is 1. The Kier molecular flexibility index (Phi) is 6.75. The van der Waals surface area contributed by atoms with Crippen molar-refractivity contribution < 1.29 is 4.74 Å². The van der Waals surface area contributed by atoms with Gasteiger partial charge < -0.3 is 19.4 Å². The van der Waals surface area contributed by atoms with Crippen molar-refractivity contribution in [1.82, 2.24) is 14.7 Å². The summed E-state index contributed by atoms with van der Waals surface area (Å²) < 4.78 is 6.40. The number of likely N-dealkylation sites (N-methyl/N-ethyl adjacent to an activating group) is 1. The Morgan fingerprint density at radius 1 is 0.739 bits per heavy atom. The molecule has 0 unspecified atom stereocenters. The fraction of sp³-hybridized carbons (Fsp3) is 1.00. The van der Waals surface area contributed by atoms with Crippen LogP contribution in [-0.2, 0) is 4.74 Å². The van der Waals surface area contributed by atoms with E-state index < -0.39 is 0 Å².